The second-order valence-electron chi connectivity index (χ2n) is 6.57. The van der Waals surface area contributed by atoms with Crippen molar-refractivity contribution in [2.45, 2.75) is 24.7 Å². The Kier molecular flexibility index (Phi) is 5.46. The Labute approximate surface area is 158 Å². The van der Waals surface area contributed by atoms with Crippen LogP contribution in [0.25, 0.3) is 0 Å². The molecule has 0 aliphatic heterocycles. The van der Waals surface area contributed by atoms with E-state index in [0.717, 1.165) is 18.4 Å². The van der Waals surface area contributed by atoms with Crippen LogP contribution in [-0.4, -0.2) is 26.9 Å². The van der Waals surface area contributed by atoms with E-state index in [2.05, 4.69) is 10.6 Å². The number of sulfonamides is 1. The van der Waals surface area contributed by atoms with Crippen molar-refractivity contribution in [3.8, 4) is 0 Å². The number of hydrogen-bond acceptors (Lipinski definition) is 4. The Hall–Kier alpha value is -2.87. The van der Waals surface area contributed by atoms with Gasteiger partial charge in [-0.05, 0) is 49.9 Å². The molecular formula is C19H21N3O4S. The molecule has 0 saturated heterocycles. The van der Waals surface area contributed by atoms with Crippen molar-refractivity contribution in [3.05, 3.63) is 59.7 Å². The number of carbonyl (C=O) groups is 2. The first-order valence-electron chi connectivity index (χ1n) is 8.63. The van der Waals surface area contributed by atoms with E-state index in [1.54, 1.807) is 36.4 Å². The monoisotopic (exact) mass is 387 g/mol. The lowest BCUT2D eigenvalue weighted by Gasteiger charge is -2.12. The van der Waals surface area contributed by atoms with Gasteiger partial charge in [-0.15, -0.1) is 0 Å². The SMILES string of the molecule is Cc1ccc(S(=O)(=O)NC(=O)Nc2ccccc2C(=O)NCC2CC2)cc1. The van der Waals surface area contributed by atoms with E-state index in [-0.39, 0.29) is 22.1 Å². The molecular weight excluding hydrogens is 366 g/mol. The van der Waals surface area contributed by atoms with Gasteiger partial charge in [0, 0.05) is 6.54 Å². The van der Waals surface area contributed by atoms with Crippen LogP contribution in [0.2, 0.25) is 0 Å². The first-order valence-corrected chi connectivity index (χ1v) is 10.1. The van der Waals surface area contributed by atoms with E-state index in [0.29, 0.717) is 12.5 Å². The summed E-state index contributed by atoms with van der Waals surface area (Å²) < 4.78 is 26.5. The smallest absolute Gasteiger partial charge is 0.333 e. The molecule has 0 radical (unpaired) electrons. The van der Waals surface area contributed by atoms with Crippen LogP contribution in [0.5, 0.6) is 0 Å². The predicted molar refractivity (Wildman–Crippen MR) is 102 cm³/mol. The molecule has 1 aliphatic carbocycles. The summed E-state index contributed by atoms with van der Waals surface area (Å²) in [6, 6.07) is 11.7. The molecule has 0 spiro atoms. The lowest BCUT2D eigenvalue weighted by molar-refractivity contribution is 0.0952. The van der Waals surface area contributed by atoms with Crippen molar-refractivity contribution in [2.24, 2.45) is 5.92 Å². The summed E-state index contributed by atoms with van der Waals surface area (Å²) in [6.45, 7) is 2.43. The van der Waals surface area contributed by atoms with Gasteiger partial charge in [0.05, 0.1) is 16.1 Å². The summed E-state index contributed by atoms with van der Waals surface area (Å²) in [6.07, 6.45) is 2.22. The first kappa shape index (κ1) is 18.9. The van der Waals surface area contributed by atoms with E-state index >= 15 is 0 Å². The first-order chi connectivity index (χ1) is 12.8. The third-order valence-corrected chi connectivity index (χ3v) is 5.57. The Bertz CT molecular complexity index is 951. The number of nitrogens with one attached hydrogen (secondary N) is 3. The van der Waals surface area contributed by atoms with Crippen molar-refractivity contribution >= 4 is 27.6 Å². The topological polar surface area (TPSA) is 104 Å². The summed E-state index contributed by atoms with van der Waals surface area (Å²) >= 11 is 0. The Morgan fingerprint density at radius 2 is 1.70 bits per heavy atom. The molecule has 1 saturated carbocycles. The maximum absolute atomic E-state index is 12.3. The number of para-hydroxylation sites is 1. The minimum Gasteiger partial charge on any atom is -0.352 e. The molecule has 0 bridgehead atoms. The zero-order valence-electron chi connectivity index (χ0n) is 14.9. The van der Waals surface area contributed by atoms with Gasteiger partial charge in [0.15, 0.2) is 0 Å². The van der Waals surface area contributed by atoms with Gasteiger partial charge in [-0.25, -0.2) is 17.9 Å². The highest BCUT2D eigenvalue weighted by atomic mass is 32.2. The van der Waals surface area contributed by atoms with E-state index in [4.69, 9.17) is 0 Å². The van der Waals surface area contributed by atoms with E-state index in [9.17, 15) is 18.0 Å². The van der Waals surface area contributed by atoms with Crippen LogP contribution in [0, 0.1) is 12.8 Å². The van der Waals surface area contributed by atoms with Crippen molar-refractivity contribution in [1.29, 1.82) is 0 Å². The van der Waals surface area contributed by atoms with Gasteiger partial charge in [-0.1, -0.05) is 29.8 Å². The normalized spacial score (nSPS) is 13.7. The van der Waals surface area contributed by atoms with Crippen LogP contribution in [-0.2, 0) is 10.0 Å². The van der Waals surface area contributed by atoms with Crippen LogP contribution in [0.4, 0.5) is 10.5 Å². The van der Waals surface area contributed by atoms with Crippen molar-refractivity contribution < 1.29 is 18.0 Å². The minimum atomic E-state index is -4.01. The fourth-order valence-electron chi connectivity index (χ4n) is 2.49. The second-order valence-corrected chi connectivity index (χ2v) is 8.25. The molecule has 27 heavy (non-hydrogen) atoms. The lowest BCUT2D eigenvalue weighted by atomic mass is 10.1. The lowest BCUT2D eigenvalue weighted by Crippen LogP contribution is -2.35. The molecule has 8 heteroatoms. The molecule has 2 aromatic rings. The van der Waals surface area contributed by atoms with Crippen LogP contribution >= 0.6 is 0 Å². The molecule has 1 fully saturated rings. The molecule has 3 rings (SSSR count). The van der Waals surface area contributed by atoms with Gasteiger partial charge in [-0.2, -0.15) is 0 Å². The minimum absolute atomic E-state index is 0.0151. The number of hydrogen-bond donors (Lipinski definition) is 3. The van der Waals surface area contributed by atoms with Crippen LogP contribution in [0.15, 0.2) is 53.4 Å². The molecule has 0 aromatic heterocycles. The standard InChI is InChI=1S/C19H21N3O4S/c1-13-6-10-15(11-7-13)27(25,26)22-19(24)21-17-5-3-2-4-16(17)18(23)20-12-14-8-9-14/h2-7,10-11,14H,8-9,12H2,1H3,(H,20,23)(H2,21,22,24). The zero-order chi connectivity index (χ0) is 19.4. The molecule has 1 aliphatic rings. The fraction of sp³-hybridized carbons (Fsp3) is 0.263. The molecule has 0 unspecified atom stereocenters. The average molecular weight is 387 g/mol. The number of aryl methyl sites for hydroxylation is 1. The molecule has 0 atom stereocenters. The van der Waals surface area contributed by atoms with Gasteiger partial charge in [0.25, 0.3) is 15.9 Å². The Morgan fingerprint density at radius 3 is 2.37 bits per heavy atom. The van der Waals surface area contributed by atoms with Crippen molar-refractivity contribution in [2.75, 3.05) is 11.9 Å². The number of benzene rings is 2. The zero-order valence-corrected chi connectivity index (χ0v) is 15.7. The molecule has 2 aromatic carbocycles. The summed E-state index contributed by atoms with van der Waals surface area (Å²) in [5.41, 5.74) is 1.42. The highest BCUT2D eigenvalue weighted by molar-refractivity contribution is 7.90. The van der Waals surface area contributed by atoms with Crippen LogP contribution in [0.1, 0.15) is 28.8 Å². The summed E-state index contributed by atoms with van der Waals surface area (Å²) in [4.78, 5) is 24.5. The fourth-order valence-corrected chi connectivity index (χ4v) is 3.40. The molecule has 3 amide bonds. The second kappa shape index (κ2) is 7.79. The van der Waals surface area contributed by atoms with Crippen molar-refractivity contribution in [1.82, 2.24) is 10.0 Å². The van der Waals surface area contributed by atoms with Crippen LogP contribution in [0.3, 0.4) is 0 Å². The number of urea groups is 1. The number of anilines is 1. The number of amides is 3. The van der Waals surface area contributed by atoms with E-state index < -0.39 is 16.1 Å². The highest BCUT2D eigenvalue weighted by Gasteiger charge is 2.23. The Morgan fingerprint density at radius 1 is 1.04 bits per heavy atom. The summed E-state index contributed by atoms with van der Waals surface area (Å²) in [5, 5.41) is 5.27. The third kappa shape index (κ3) is 5.07. The summed E-state index contributed by atoms with van der Waals surface area (Å²) in [7, 11) is -4.01. The van der Waals surface area contributed by atoms with Gasteiger partial charge >= 0.3 is 6.03 Å². The van der Waals surface area contributed by atoms with Gasteiger partial charge < -0.3 is 10.6 Å². The quantitative estimate of drug-likeness (QED) is 0.709. The molecule has 3 N–H and O–H groups in total. The number of rotatable bonds is 6. The van der Waals surface area contributed by atoms with E-state index in [1.807, 2.05) is 11.6 Å². The van der Waals surface area contributed by atoms with Crippen molar-refractivity contribution in [3.63, 3.8) is 0 Å². The molecule has 7 nitrogen and oxygen atoms in total. The van der Waals surface area contributed by atoms with Gasteiger partial charge in [0.2, 0.25) is 0 Å². The number of carbonyl (C=O) groups excluding carboxylic acids is 2. The Balaban J connectivity index is 1.68. The molecule has 0 heterocycles. The predicted octanol–water partition coefficient (Wildman–Crippen LogP) is 2.65. The van der Waals surface area contributed by atoms with Gasteiger partial charge in [0.1, 0.15) is 0 Å². The maximum Gasteiger partial charge on any atom is 0.333 e. The third-order valence-electron chi connectivity index (χ3n) is 4.23. The summed E-state index contributed by atoms with van der Waals surface area (Å²) in [5.74, 6) is 0.219. The average Bonchev–Trinajstić information content (AvgIpc) is 3.44. The van der Waals surface area contributed by atoms with Gasteiger partial charge in [-0.3, -0.25) is 4.79 Å². The highest BCUT2D eigenvalue weighted by Crippen LogP contribution is 2.27. The van der Waals surface area contributed by atoms with E-state index in [1.165, 1.54) is 12.1 Å². The molecule has 142 valence electrons. The maximum atomic E-state index is 12.3. The van der Waals surface area contributed by atoms with Crippen LogP contribution < -0.4 is 15.4 Å². The largest absolute Gasteiger partial charge is 0.352 e.